The molecule has 4 aromatic rings. The third-order valence-electron chi connectivity index (χ3n) is 3.71. The van der Waals surface area contributed by atoms with Crippen LogP contribution in [0.1, 0.15) is 19.9 Å². The van der Waals surface area contributed by atoms with Crippen LogP contribution in [0.4, 0.5) is 5.88 Å². The Morgan fingerprint density at radius 3 is 3.00 bits per heavy atom. The van der Waals surface area contributed by atoms with Gasteiger partial charge in [0.15, 0.2) is 11.7 Å². The molecular weight excluding hydrogens is 354 g/mol. The lowest BCUT2D eigenvalue weighted by Crippen LogP contribution is -2.36. The lowest BCUT2D eigenvalue weighted by atomic mass is 10.2. The third kappa shape index (κ3) is 3.23. The van der Waals surface area contributed by atoms with Crippen molar-refractivity contribution < 1.29 is 14.0 Å². The van der Waals surface area contributed by atoms with Gasteiger partial charge in [-0.15, -0.1) is 10.2 Å². The molecule has 132 valence electrons. The molecule has 1 amide bonds. The molecule has 0 saturated carbocycles. The monoisotopic (exact) mass is 370 g/mol. The summed E-state index contributed by atoms with van der Waals surface area (Å²) in [6, 6.07) is 7.96. The Morgan fingerprint density at radius 1 is 1.35 bits per heavy atom. The lowest BCUT2D eigenvalue weighted by molar-refractivity contribution is -0.779. The first kappa shape index (κ1) is 16.5. The number of aromatic nitrogens is 6. The van der Waals surface area contributed by atoms with Crippen molar-refractivity contribution in [3.63, 3.8) is 0 Å². The molecule has 0 saturated heterocycles. The molecule has 0 spiro atoms. The number of carbonyl (C=O) groups is 1. The molecule has 0 bridgehead atoms. The summed E-state index contributed by atoms with van der Waals surface area (Å²) in [4.78, 5) is 19.7. The van der Waals surface area contributed by atoms with Crippen molar-refractivity contribution in [2.45, 2.75) is 25.0 Å². The van der Waals surface area contributed by atoms with Gasteiger partial charge in [-0.1, -0.05) is 30.0 Å². The second-order valence-electron chi connectivity index (χ2n) is 5.94. The van der Waals surface area contributed by atoms with Crippen LogP contribution in [0.3, 0.4) is 0 Å². The van der Waals surface area contributed by atoms with E-state index in [1.165, 1.54) is 11.8 Å². The van der Waals surface area contributed by atoms with Crippen LogP contribution in [0.25, 0.3) is 22.1 Å². The summed E-state index contributed by atoms with van der Waals surface area (Å²) in [5.74, 6) is 0.201. The number of para-hydroxylation sites is 1. The molecule has 3 heterocycles. The van der Waals surface area contributed by atoms with Crippen LogP contribution >= 0.6 is 11.8 Å². The number of benzene rings is 1. The molecule has 0 aliphatic heterocycles. The van der Waals surface area contributed by atoms with Crippen LogP contribution < -0.4 is 10.00 Å². The molecule has 26 heavy (non-hydrogen) atoms. The highest BCUT2D eigenvalue weighted by atomic mass is 32.2. The fraction of sp³-hybridized carbons (Fsp3) is 0.250. The zero-order valence-corrected chi connectivity index (χ0v) is 14.9. The van der Waals surface area contributed by atoms with Gasteiger partial charge in [0.05, 0.1) is 5.75 Å². The van der Waals surface area contributed by atoms with Gasteiger partial charge >= 0.3 is 5.88 Å². The molecule has 9 nitrogen and oxygen atoms in total. The molecule has 0 unspecified atom stereocenters. The largest absolute Gasteiger partial charge is 0.338 e. The fourth-order valence-corrected chi connectivity index (χ4v) is 3.01. The number of rotatable bonds is 5. The van der Waals surface area contributed by atoms with Gasteiger partial charge in [0.1, 0.15) is 5.52 Å². The first-order chi connectivity index (χ1) is 12.6. The minimum Gasteiger partial charge on any atom is -0.338 e. The standard InChI is InChI=1S/C16H15N7O2S/c1-9(2)23-7-13(25-22-23)18-12(24)8-26-16-19-15-14(20-21-16)10-5-3-4-6-11(10)17-15/h3-7,9H,8H2,1-2H3,(H-,17,18,19,20,21,22,24)/p+1. The van der Waals surface area contributed by atoms with Crippen molar-refractivity contribution in [3.05, 3.63) is 30.5 Å². The summed E-state index contributed by atoms with van der Waals surface area (Å²) >= 11 is 1.20. The van der Waals surface area contributed by atoms with Gasteiger partial charge in [0.2, 0.25) is 16.3 Å². The van der Waals surface area contributed by atoms with Gasteiger partial charge < -0.3 is 4.98 Å². The Bertz CT molecular complexity index is 1090. The van der Waals surface area contributed by atoms with E-state index in [1.54, 1.807) is 10.9 Å². The van der Waals surface area contributed by atoms with Crippen LogP contribution in [0.2, 0.25) is 0 Å². The Labute approximate surface area is 152 Å². The van der Waals surface area contributed by atoms with Crippen LogP contribution in [0.5, 0.6) is 0 Å². The van der Waals surface area contributed by atoms with E-state index in [4.69, 9.17) is 4.52 Å². The summed E-state index contributed by atoms with van der Waals surface area (Å²) in [6.45, 7) is 3.93. The number of H-pyrrole nitrogens is 1. The minimum absolute atomic E-state index is 0.135. The molecule has 3 aromatic heterocycles. The third-order valence-corrected chi connectivity index (χ3v) is 4.55. The predicted molar refractivity (Wildman–Crippen MR) is 95.6 cm³/mol. The van der Waals surface area contributed by atoms with Crippen molar-refractivity contribution >= 4 is 45.6 Å². The fourth-order valence-electron chi connectivity index (χ4n) is 2.43. The molecule has 4 rings (SSSR count). The quantitative estimate of drug-likeness (QED) is 0.408. The van der Waals surface area contributed by atoms with Crippen molar-refractivity contribution in [2.75, 3.05) is 11.1 Å². The van der Waals surface area contributed by atoms with Gasteiger partial charge in [-0.25, -0.2) is 4.98 Å². The van der Waals surface area contributed by atoms with Gasteiger partial charge in [0.25, 0.3) is 6.20 Å². The molecule has 0 aliphatic carbocycles. The Balaban J connectivity index is 1.43. The second-order valence-corrected chi connectivity index (χ2v) is 6.88. The number of nitrogens with zero attached hydrogens (tertiary/aromatic N) is 5. The first-order valence-electron chi connectivity index (χ1n) is 8.02. The number of hydrogen-bond acceptors (Lipinski definition) is 7. The maximum absolute atomic E-state index is 12.1. The number of nitrogens with one attached hydrogen (secondary N) is 2. The van der Waals surface area contributed by atoms with E-state index >= 15 is 0 Å². The number of anilines is 1. The van der Waals surface area contributed by atoms with E-state index in [9.17, 15) is 4.79 Å². The Morgan fingerprint density at radius 2 is 2.19 bits per heavy atom. The second kappa shape index (κ2) is 6.71. The predicted octanol–water partition coefficient (Wildman–Crippen LogP) is 2.09. The summed E-state index contributed by atoms with van der Waals surface area (Å²) in [5, 5.41) is 16.2. The summed E-state index contributed by atoms with van der Waals surface area (Å²) in [5.41, 5.74) is 2.32. The van der Waals surface area contributed by atoms with Gasteiger partial charge in [-0.2, -0.15) is 0 Å². The van der Waals surface area contributed by atoms with E-state index < -0.39 is 0 Å². The van der Waals surface area contributed by atoms with Gasteiger partial charge in [-0.3, -0.25) is 14.6 Å². The highest BCUT2D eigenvalue weighted by Gasteiger charge is 2.17. The normalized spacial score (nSPS) is 11.5. The van der Waals surface area contributed by atoms with E-state index in [1.807, 2.05) is 38.1 Å². The Kier molecular flexibility index (Phi) is 4.25. The van der Waals surface area contributed by atoms with E-state index in [0.29, 0.717) is 22.2 Å². The van der Waals surface area contributed by atoms with Crippen LogP contribution in [0, 0.1) is 0 Å². The molecule has 0 aliphatic rings. The number of carbonyl (C=O) groups excluding carboxylic acids is 1. The highest BCUT2D eigenvalue weighted by Crippen LogP contribution is 2.23. The summed E-state index contributed by atoms with van der Waals surface area (Å²) in [7, 11) is 0. The van der Waals surface area contributed by atoms with Crippen LogP contribution in [-0.2, 0) is 4.79 Å². The highest BCUT2D eigenvalue weighted by molar-refractivity contribution is 7.99. The maximum Gasteiger partial charge on any atom is 0.302 e. The van der Waals surface area contributed by atoms with Crippen molar-refractivity contribution in [1.29, 1.82) is 0 Å². The number of thioether (sulfide) groups is 1. The molecule has 0 fully saturated rings. The van der Waals surface area contributed by atoms with Crippen LogP contribution in [0.15, 0.2) is 40.1 Å². The molecule has 0 atom stereocenters. The molecular formula is C16H16N7O2S+. The molecule has 10 heteroatoms. The minimum atomic E-state index is -0.234. The number of aromatic amines is 1. The summed E-state index contributed by atoms with van der Waals surface area (Å²) in [6.07, 6.45) is 1.64. The van der Waals surface area contributed by atoms with Crippen LogP contribution in [-0.4, -0.2) is 37.1 Å². The average molecular weight is 370 g/mol. The average Bonchev–Trinajstić information content (AvgIpc) is 3.24. The Hall–Kier alpha value is -3.01. The van der Waals surface area contributed by atoms with Gasteiger partial charge in [0, 0.05) is 10.9 Å². The smallest absolute Gasteiger partial charge is 0.302 e. The van der Waals surface area contributed by atoms with Crippen molar-refractivity contribution in [3.8, 4) is 0 Å². The first-order valence-corrected chi connectivity index (χ1v) is 9.00. The number of hydrogen-bond donors (Lipinski definition) is 2. The number of amides is 1. The van der Waals surface area contributed by atoms with E-state index in [0.717, 1.165) is 10.9 Å². The van der Waals surface area contributed by atoms with Gasteiger partial charge in [-0.05, 0) is 24.6 Å². The molecule has 1 aromatic carbocycles. The zero-order chi connectivity index (χ0) is 18.1. The van der Waals surface area contributed by atoms with Crippen molar-refractivity contribution in [2.24, 2.45) is 0 Å². The topological polar surface area (TPSA) is 113 Å². The maximum atomic E-state index is 12.1. The van der Waals surface area contributed by atoms with E-state index in [-0.39, 0.29) is 17.7 Å². The SMILES string of the molecule is CC(C)[n+]1cc(NC(=O)CSc2nnc3c(n2)[nH]c2ccccc23)on1. The zero-order valence-electron chi connectivity index (χ0n) is 14.1. The molecule has 0 radical (unpaired) electrons. The molecule has 2 N–H and O–H groups in total. The number of fused-ring (bicyclic) bond motifs is 3. The lowest BCUT2D eigenvalue weighted by Gasteiger charge is -1.99. The summed E-state index contributed by atoms with van der Waals surface area (Å²) < 4.78 is 6.69. The van der Waals surface area contributed by atoms with E-state index in [2.05, 4.69) is 30.8 Å². The van der Waals surface area contributed by atoms with Crippen molar-refractivity contribution in [1.82, 2.24) is 25.4 Å².